The summed E-state index contributed by atoms with van der Waals surface area (Å²) in [6.07, 6.45) is 1.87. The van der Waals surface area contributed by atoms with Crippen molar-refractivity contribution < 1.29 is 0 Å². The average molecular weight is 185 g/mol. The Hall–Kier alpha value is -1.81. The minimum absolute atomic E-state index is 0.560. The van der Waals surface area contributed by atoms with Gasteiger partial charge >= 0.3 is 0 Å². The molecule has 0 spiro atoms. The van der Waals surface area contributed by atoms with Gasteiger partial charge in [-0.15, -0.1) is 0 Å². The van der Waals surface area contributed by atoms with Crippen molar-refractivity contribution >= 4 is 6.08 Å². The molecule has 0 aromatic heterocycles. The summed E-state index contributed by atoms with van der Waals surface area (Å²) in [5, 5.41) is 7.79. The van der Waals surface area contributed by atoms with Crippen molar-refractivity contribution in [2.75, 3.05) is 0 Å². The lowest BCUT2D eigenvalue weighted by atomic mass is 10.1. The molecule has 14 heavy (non-hydrogen) atoms. The molecule has 0 saturated heterocycles. The SMILES string of the molecule is C=C(C)C#N.C=Cc1ccccc1C. The van der Waals surface area contributed by atoms with Crippen LogP contribution in [0.15, 0.2) is 43.0 Å². The van der Waals surface area contributed by atoms with Gasteiger partial charge in [0.25, 0.3) is 0 Å². The molecule has 0 N–H and O–H groups in total. The van der Waals surface area contributed by atoms with E-state index in [1.54, 1.807) is 6.92 Å². The van der Waals surface area contributed by atoms with Crippen molar-refractivity contribution in [3.8, 4) is 6.07 Å². The van der Waals surface area contributed by atoms with Gasteiger partial charge in [0.15, 0.2) is 0 Å². The normalized spacial score (nSPS) is 7.79. The van der Waals surface area contributed by atoms with Crippen LogP contribution in [0.4, 0.5) is 0 Å². The first-order chi connectivity index (χ1) is 6.61. The molecule has 0 amide bonds. The van der Waals surface area contributed by atoms with Crippen LogP contribution in [-0.2, 0) is 0 Å². The molecule has 0 aliphatic carbocycles. The Morgan fingerprint density at radius 1 is 1.43 bits per heavy atom. The Morgan fingerprint density at radius 3 is 2.21 bits per heavy atom. The summed E-state index contributed by atoms with van der Waals surface area (Å²) in [7, 11) is 0. The molecule has 0 aliphatic heterocycles. The van der Waals surface area contributed by atoms with Crippen molar-refractivity contribution in [2.45, 2.75) is 13.8 Å². The zero-order chi connectivity index (χ0) is 11.0. The Morgan fingerprint density at radius 2 is 1.93 bits per heavy atom. The number of aryl methyl sites for hydroxylation is 1. The highest BCUT2D eigenvalue weighted by Gasteiger charge is 1.86. The second kappa shape index (κ2) is 6.68. The predicted molar refractivity (Wildman–Crippen MR) is 61.7 cm³/mol. The van der Waals surface area contributed by atoms with Crippen LogP contribution in [0.25, 0.3) is 6.08 Å². The van der Waals surface area contributed by atoms with Gasteiger partial charge in [-0.2, -0.15) is 5.26 Å². The number of rotatable bonds is 1. The fraction of sp³-hybridized carbons (Fsp3) is 0.154. The Balaban J connectivity index is 0.000000292. The summed E-state index contributed by atoms with van der Waals surface area (Å²) in [5.74, 6) is 0. The lowest BCUT2D eigenvalue weighted by Crippen LogP contribution is -1.75. The summed E-state index contributed by atoms with van der Waals surface area (Å²) < 4.78 is 0. The highest BCUT2D eigenvalue weighted by atomic mass is 14.2. The number of benzene rings is 1. The largest absolute Gasteiger partial charge is 0.193 e. The van der Waals surface area contributed by atoms with Gasteiger partial charge in [-0.3, -0.25) is 0 Å². The zero-order valence-electron chi connectivity index (χ0n) is 8.75. The highest BCUT2D eigenvalue weighted by molar-refractivity contribution is 5.50. The number of nitrogens with zero attached hydrogens (tertiary/aromatic N) is 1. The van der Waals surface area contributed by atoms with Gasteiger partial charge in [0.2, 0.25) is 0 Å². The monoisotopic (exact) mass is 185 g/mol. The van der Waals surface area contributed by atoms with Crippen molar-refractivity contribution in [1.82, 2.24) is 0 Å². The third-order valence-corrected chi connectivity index (χ3v) is 1.60. The van der Waals surface area contributed by atoms with E-state index in [2.05, 4.69) is 32.2 Å². The summed E-state index contributed by atoms with van der Waals surface area (Å²) in [5.41, 5.74) is 3.06. The van der Waals surface area contributed by atoms with Gasteiger partial charge in [0, 0.05) is 5.57 Å². The van der Waals surface area contributed by atoms with E-state index in [1.165, 1.54) is 11.1 Å². The Labute approximate surface area is 86.0 Å². The molecule has 0 atom stereocenters. The van der Waals surface area contributed by atoms with Gasteiger partial charge in [0.05, 0.1) is 6.07 Å². The minimum Gasteiger partial charge on any atom is -0.193 e. The lowest BCUT2D eigenvalue weighted by Gasteiger charge is -1.95. The average Bonchev–Trinajstić information content (AvgIpc) is 2.19. The van der Waals surface area contributed by atoms with Gasteiger partial charge < -0.3 is 0 Å². The second-order valence-electron chi connectivity index (χ2n) is 2.95. The first kappa shape index (κ1) is 12.2. The molecule has 1 heteroatoms. The molecule has 0 unspecified atom stereocenters. The number of hydrogen-bond donors (Lipinski definition) is 0. The Kier molecular flexibility index (Phi) is 5.82. The summed E-state index contributed by atoms with van der Waals surface area (Å²) in [4.78, 5) is 0. The molecular formula is C13H15N. The maximum atomic E-state index is 7.79. The van der Waals surface area contributed by atoms with Crippen molar-refractivity contribution in [3.63, 3.8) is 0 Å². The first-order valence-electron chi connectivity index (χ1n) is 4.35. The van der Waals surface area contributed by atoms with Crippen molar-refractivity contribution in [3.05, 3.63) is 54.1 Å². The maximum Gasteiger partial charge on any atom is 0.0937 e. The van der Waals surface area contributed by atoms with Gasteiger partial charge in [-0.05, 0) is 25.0 Å². The molecule has 0 aliphatic rings. The minimum atomic E-state index is 0.560. The predicted octanol–water partition coefficient (Wildman–Crippen LogP) is 3.72. The summed E-state index contributed by atoms with van der Waals surface area (Å²) in [6, 6.07) is 10.0. The van der Waals surface area contributed by atoms with Crippen LogP contribution >= 0.6 is 0 Å². The standard InChI is InChI=1S/C9H10.C4H5N/c1-3-9-7-5-4-6-8(9)2;1-4(2)3-5/h3-7H,1H2,2H3;1H2,2H3. The fourth-order valence-corrected chi connectivity index (χ4v) is 0.816. The number of allylic oxidation sites excluding steroid dienone is 1. The first-order valence-corrected chi connectivity index (χ1v) is 4.35. The Bertz CT molecular complexity index is 356. The molecule has 0 fully saturated rings. The van der Waals surface area contributed by atoms with E-state index < -0.39 is 0 Å². The summed E-state index contributed by atoms with van der Waals surface area (Å²) in [6.45, 7) is 10.8. The van der Waals surface area contributed by atoms with Crippen LogP contribution in [-0.4, -0.2) is 0 Å². The van der Waals surface area contributed by atoms with Crippen LogP contribution in [0.2, 0.25) is 0 Å². The molecular weight excluding hydrogens is 170 g/mol. The van der Waals surface area contributed by atoms with Crippen LogP contribution in [0, 0.1) is 18.3 Å². The molecule has 0 heterocycles. The second-order valence-corrected chi connectivity index (χ2v) is 2.95. The van der Waals surface area contributed by atoms with E-state index in [9.17, 15) is 0 Å². The molecule has 72 valence electrons. The molecule has 1 rings (SSSR count). The fourth-order valence-electron chi connectivity index (χ4n) is 0.816. The van der Waals surface area contributed by atoms with Crippen LogP contribution < -0.4 is 0 Å². The maximum absolute atomic E-state index is 7.79. The highest BCUT2D eigenvalue weighted by Crippen LogP contribution is 2.06. The molecule has 1 aromatic rings. The molecule has 0 radical (unpaired) electrons. The molecule has 1 aromatic carbocycles. The van der Waals surface area contributed by atoms with Crippen LogP contribution in [0.5, 0.6) is 0 Å². The van der Waals surface area contributed by atoms with E-state index in [4.69, 9.17) is 5.26 Å². The van der Waals surface area contributed by atoms with E-state index in [-0.39, 0.29) is 0 Å². The molecule has 0 saturated carbocycles. The van der Waals surface area contributed by atoms with Crippen molar-refractivity contribution in [2.24, 2.45) is 0 Å². The van der Waals surface area contributed by atoms with Gasteiger partial charge in [0.1, 0.15) is 0 Å². The summed E-state index contributed by atoms with van der Waals surface area (Å²) >= 11 is 0. The topological polar surface area (TPSA) is 23.8 Å². The molecule has 1 nitrogen and oxygen atoms in total. The third-order valence-electron chi connectivity index (χ3n) is 1.60. The smallest absolute Gasteiger partial charge is 0.0937 e. The molecule has 0 bridgehead atoms. The zero-order valence-corrected chi connectivity index (χ0v) is 8.75. The van der Waals surface area contributed by atoms with E-state index >= 15 is 0 Å². The number of nitriles is 1. The lowest BCUT2D eigenvalue weighted by molar-refractivity contribution is 1.45. The van der Waals surface area contributed by atoms with E-state index in [0.717, 1.165) is 0 Å². The van der Waals surface area contributed by atoms with Gasteiger partial charge in [-0.1, -0.05) is 43.5 Å². The number of hydrogen-bond acceptors (Lipinski definition) is 1. The van der Waals surface area contributed by atoms with Crippen LogP contribution in [0.1, 0.15) is 18.1 Å². The van der Waals surface area contributed by atoms with Crippen LogP contribution in [0.3, 0.4) is 0 Å². The van der Waals surface area contributed by atoms with E-state index in [1.807, 2.05) is 24.3 Å². The quantitative estimate of drug-likeness (QED) is 0.612. The van der Waals surface area contributed by atoms with Crippen molar-refractivity contribution in [1.29, 1.82) is 5.26 Å². The van der Waals surface area contributed by atoms with Gasteiger partial charge in [-0.25, -0.2) is 0 Å². The van der Waals surface area contributed by atoms with E-state index in [0.29, 0.717) is 5.57 Å². The third kappa shape index (κ3) is 4.95.